The van der Waals surface area contributed by atoms with Crippen LogP contribution in [0.2, 0.25) is 0 Å². The molecule has 0 saturated heterocycles. The minimum absolute atomic E-state index is 0.178. The number of unbranched alkanes of at least 4 members (excludes halogenated alkanes) is 2. The number of aliphatic hydroxyl groups is 1. The van der Waals surface area contributed by atoms with Gasteiger partial charge < -0.3 is 10.4 Å². The van der Waals surface area contributed by atoms with Gasteiger partial charge in [0, 0.05) is 12.5 Å². The molecule has 11 heavy (non-hydrogen) atoms. The summed E-state index contributed by atoms with van der Waals surface area (Å²) in [5, 5.41) is 20.0. The normalized spacial score (nSPS) is 12.5. The Morgan fingerprint density at radius 2 is 2.27 bits per heavy atom. The Labute approximate surface area is 68.0 Å². The van der Waals surface area contributed by atoms with E-state index < -0.39 is 0 Å². The molecule has 0 aliphatic rings. The SMILES string of the molecule is CC(CO)NCCCCC#N. The van der Waals surface area contributed by atoms with Crippen LogP contribution in [0.15, 0.2) is 0 Å². The van der Waals surface area contributed by atoms with E-state index in [1.807, 2.05) is 6.92 Å². The molecule has 64 valence electrons. The summed E-state index contributed by atoms with van der Waals surface area (Å²) in [5.74, 6) is 0. The second kappa shape index (κ2) is 7.52. The molecule has 0 spiro atoms. The van der Waals surface area contributed by atoms with E-state index in [2.05, 4.69) is 11.4 Å². The molecule has 3 nitrogen and oxygen atoms in total. The summed E-state index contributed by atoms with van der Waals surface area (Å²) >= 11 is 0. The molecular weight excluding hydrogens is 140 g/mol. The van der Waals surface area contributed by atoms with Crippen LogP contribution in [-0.2, 0) is 0 Å². The average Bonchev–Trinajstić information content (AvgIpc) is 2.04. The van der Waals surface area contributed by atoms with Gasteiger partial charge in [0.15, 0.2) is 0 Å². The van der Waals surface area contributed by atoms with E-state index >= 15 is 0 Å². The Kier molecular flexibility index (Phi) is 7.11. The molecule has 0 aliphatic carbocycles. The minimum Gasteiger partial charge on any atom is -0.395 e. The summed E-state index contributed by atoms with van der Waals surface area (Å²) < 4.78 is 0. The van der Waals surface area contributed by atoms with Crippen LogP contribution in [-0.4, -0.2) is 24.3 Å². The molecule has 2 N–H and O–H groups in total. The predicted molar refractivity (Wildman–Crippen MR) is 44.0 cm³/mol. The molecule has 0 heterocycles. The third kappa shape index (κ3) is 7.31. The van der Waals surface area contributed by atoms with Crippen LogP contribution in [0.25, 0.3) is 0 Å². The number of nitrogens with one attached hydrogen (secondary N) is 1. The summed E-state index contributed by atoms with van der Waals surface area (Å²) in [7, 11) is 0. The maximum Gasteiger partial charge on any atom is 0.0621 e. The molecule has 0 fully saturated rings. The number of aliphatic hydroxyl groups excluding tert-OH is 1. The van der Waals surface area contributed by atoms with Crippen molar-refractivity contribution in [3.63, 3.8) is 0 Å². The smallest absolute Gasteiger partial charge is 0.0621 e. The highest BCUT2D eigenvalue weighted by molar-refractivity contribution is 4.68. The van der Waals surface area contributed by atoms with Crippen molar-refractivity contribution < 1.29 is 5.11 Å². The predicted octanol–water partition coefficient (Wildman–Crippen LogP) is 0.651. The molecule has 0 aromatic heterocycles. The van der Waals surface area contributed by atoms with Crippen molar-refractivity contribution in [3.05, 3.63) is 0 Å². The molecule has 0 radical (unpaired) electrons. The number of hydrogen-bond donors (Lipinski definition) is 2. The zero-order valence-corrected chi connectivity index (χ0v) is 7.01. The van der Waals surface area contributed by atoms with E-state index in [4.69, 9.17) is 10.4 Å². The Bertz CT molecular complexity index is 120. The van der Waals surface area contributed by atoms with Crippen molar-refractivity contribution in [1.29, 1.82) is 5.26 Å². The third-order valence-corrected chi connectivity index (χ3v) is 1.48. The van der Waals surface area contributed by atoms with Gasteiger partial charge in [-0.2, -0.15) is 5.26 Å². The van der Waals surface area contributed by atoms with Crippen LogP contribution in [0.1, 0.15) is 26.2 Å². The van der Waals surface area contributed by atoms with Crippen LogP contribution in [0.4, 0.5) is 0 Å². The third-order valence-electron chi connectivity index (χ3n) is 1.48. The van der Waals surface area contributed by atoms with Crippen LogP contribution < -0.4 is 5.32 Å². The zero-order valence-electron chi connectivity index (χ0n) is 7.01. The van der Waals surface area contributed by atoms with Gasteiger partial charge >= 0.3 is 0 Å². The number of nitrogens with zero attached hydrogens (tertiary/aromatic N) is 1. The van der Waals surface area contributed by atoms with Gasteiger partial charge in [0.05, 0.1) is 12.7 Å². The lowest BCUT2D eigenvalue weighted by molar-refractivity contribution is 0.251. The monoisotopic (exact) mass is 156 g/mol. The first-order valence-corrected chi connectivity index (χ1v) is 4.02. The number of rotatable bonds is 6. The largest absolute Gasteiger partial charge is 0.395 e. The van der Waals surface area contributed by atoms with E-state index in [9.17, 15) is 0 Å². The Morgan fingerprint density at radius 1 is 1.55 bits per heavy atom. The molecule has 3 heteroatoms. The fourth-order valence-electron chi connectivity index (χ4n) is 0.742. The number of nitriles is 1. The Balaban J connectivity index is 2.97. The maximum atomic E-state index is 8.62. The molecule has 0 rings (SSSR count). The lowest BCUT2D eigenvalue weighted by atomic mass is 10.2. The van der Waals surface area contributed by atoms with Gasteiger partial charge in [0.1, 0.15) is 0 Å². The maximum absolute atomic E-state index is 8.62. The van der Waals surface area contributed by atoms with Crippen molar-refractivity contribution in [2.45, 2.75) is 32.2 Å². The highest BCUT2D eigenvalue weighted by atomic mass is 16.3. The molecule has 0 aromatic carbocycles. The molecule has 1 unspecified atom stereocenters. The first kappa shape index (κ1) is 10.4. The lowest BCUT2D eigenvalue weighted by Crippen LogP contribution is -2.29. The molecule has 0 amide bonds. The van der Waals surface area contributed by atoms with Crippen LogP contribution in [0.3, 0.4) is 0 Å². The highest BCUT2D eigenvalue weighted by Gasteiger charge is 1.95. The van der Waals surface area contributed by atoms with Gasteiger partial charge in [-0.05, 0) is 26.3 Å². The highest BCUT2D eigenvalue weighted by Crippen LogP contribution is 1.91. The fourth-order valence-corrected chi connectivity index (χ4v) is 0.742. The first-order valence-electron chi connectivity index (χ1n) is 4.02. The standard InChI is InChI=1S/C8H16N2O/c1-8(7-11)10-6-4-2-3-5-9/h8,10-11H,2-4,6-7H2,1H3. The summed E-state index contributed by atoms with van der Waals surface area (Å²) in [6.07, 6.45) is 2.59. The van der Waals surface area contributed by atoms with E-state index in [0.29, 0.717) is 6.42 Å². The zero-order chi connectivity index (χ0) is 8.53. The van der Waals surface area contributed by atoms with E-state index in [-0.39, 0.29) is 12.6 Å². The fraction of sp³-hybridized carbons (Fsp3) is 0.875. The van der Waals surface area contributed by atoms with Gasteiger partial charge in [0.2, 0.25) is 0 Å². The van der Waals surface area contributed by atoms with Crippen LogP contribution >= 0.6 is 0 Å². The van der Waals surface area contributed by atoms with Crippen molar-refractivity contribution in [2.75, 3.05) is 13.2 Å². The first-order chi connectivity index (χ1) is 5.31. The Morgan fingerprint density at radius 3 is 2.82 bits per heavy atom. The Hall–Kier alpha value is -0.590. The summed E-state index contributed by atoms with van der Waals surface area (Å²) in [5.41, 5.74) is 0. The van der Waals surface area contributed by atoms with E-state index in [1.165, 1.54) is 0 Å². The topological polar surface area (TPSA) is 56.0 Å². The summed E-state index contributed by atoms with van der Waals surface area (Å²) in [6, 6.07) is 2.27. The quantitative estimate of drug-likeness (QED) is 0.555. The van der Waals surface area contributed by atoms with Crippen molar-refractivity contribution >= 4 is 0 Å². The molecule has 0 bridgehead atoms. The van der Waals surface area contributed by atoms with Gasteiger partial charge in [0.25, 0.3) is 0 Å². The number of hydrogen-bond acceptors (Lipinski definition) is 3. The van der Waals surface area contributed by atoms with Crippen molar-refractivity contribution in [3.8, 4) is 6.07 Å². The van der Waals surface area contributed by atoms with Crippen molar-refractivity contribution in [2.24, 2.45) is 0 Å². The average molecular weight is 156 g/mol. The van der Waals surface area contributed by atoms with Crippen LogP contribution in [0, 0.1) is 11.3 Å². The molecule has 0 aliphatic heterocycles. The van der Waals surface area contributed by atoms with Crippen molar-refractivity contribution in [1.82, 2.24) is 5.32 Å². The van der Waals surface area contributed by atoms with Gasteiger partial charge in [-0.3, -0.25) is 0 Å². The summed E-state index contributed by atoms with van der Waals surface area (Å²) in [4.78, 5) is 0. The molecule has 0 aromatic rings. The molecular formula is C8H16N2O. The van der Waals surface area contributed by atoms with Gasteiger partial charge in [-0.25, -0.2) is 0 Å². The molecule has 0 saturated carbocycles. The van der Waals surface area contributed by atoms with Crippen LogP contribution in [0.5, 0.6) is 0 Å². The van der Waals surface area contributed by atoms with E-state index in [1.54, 1.807) is 0 Å². The second-order valence-corrected chi connectivity index (χ2v) is 2.65. The van der Waals surface area contributed by atoms with Gasteiger partial charge in [-0.1, -0.05) is 0 Å². The minimum atomic E-state index is 0.178. The lowest BCUT2D eigenvalue weighted by Gasteiger charge is -2.08. The summed E-state index contributed by atoms with van der Waals surface area (Å²) in [6.45, 7) is 3.01. The van der Waals surface area contributed by atoms with Gasteiger partial charge in [-0.15, -0.1) is 0 Å². The molecule has 1 atom stereocenters. The second-order valence-electron chi connectivity index (χ2n) is 2.65. The van der Waals surface area contributed by atoms with E-state index in [0.717, 1.165) is 19.4 Å².